The van der Waals surface area contributed by atoms with E-state index >= 15 is 0 Å². The molecule has 1 aliphatic heterocycles. The van der Waals surface area contributed by atoms with E-state index < -0.39 is 0 Å². The molecule has 0 aliphatic carbocycles. The summed E-state index contributed by atoms with van der Waals surface area (Å²) in [7, 11) is 0. The molecule has 2 aromatic carbocycles. The van der Waals surface area contributed by atoms with Crippen LogP contribution in [0, 0.1) is 0 Å². The Kier molecular flexibility index (Phi) is 4.29. The molecule has 1 heterocycles. The number of hydrogen-bond donors (Lipinski definition) is 0. The number of carbonyl (C=O) groups is 1. The third-order valence-corrected chi connectivity index (χ3v) is 3.95. The summed E-state index contributed by atoms with van der Waals surface area (Å²) < 4.78 is 5.64. The second-order valence-corrected chi connectivity index (χ2v) is 5.46. The molecule has 0 spiro atoms. The van der Waals surface area contributed by atoms with Gasteiger partial charge in [-0.2, -0.15) is 0 Å². The van der Waals surface area contributed by atoms with Gasteiger partial charge in [0.2, 0.25) is 0 Å². The zero-order chi connectivity index (χ0) is 16.2. The lowest BCUT2D eigenvalue weighted by molar-refractivity contribution is 0.0733. The molecule has 23 heavy (non-hydrogen) atoms. The molecule has 1 aliphatic rings. The first-order valence-electron chi connectivity index (χ1n) is 7.65. The summed E-state index contributed by atoms with van der Waals surface area (Å²) in [6, 6.07) is 14.9. The Morgan fingerprint density at radius 3 is 2.74 bits per heavy atom. The van der Waals surface area contributed by atoms with Crippen molar-refractivity contribution in [1.29, 1.82) is 0 Å². The van der Waals surface area contributed by atoms with Crippen molar-refractivity contribution in [2.24, 2.45) is 0 Å². The smallest absolute Gasteiger partial charge is 0.343 e. The first kappa shape index (κ1) is 15.1. The lowest BCUT2D eigenvalue weighted by Gasteiger charge is -2.31. The molecular formula is C20H19NO2. The van der Waals surface area contributed by atoms with Gasteiger partial charge in [0.15, 0.2) is 0 Å². The van der Waals surface area contributed by atoms with Gasteiger partial charge in [-0.25, -0.2) is 4.79 Å². The maximum atomic E-state index is 12.3. The van der Waals surface area contributed by atoms with Gasteiger partial charge >= 0.3 is 5.97 Å². The average molecular weight is 305 g/mol. The second-order valence-electron chi connectivity index (χ2n) is 5.46. The molecule has 0 atom stereocenters. The number of allylic oxidation sites excluding steroid dienone is 2. The molecule has 116 valence electrons. The number of nitrogens with zero attached hydrogens (tertiary/aromatic N) is 1. The summed E-state index contributed by atoms with van der Waals surface area (Å²) in [5.41, 5.74) is 3.84. The maximum absolute atomic E-state index is 12.3. The summed E-state index contributed by atoms with van der Waals surface area (Å²) in [5, 5.41) is 0. The van der Waals surface area contributed by atoms with Crippen molar-refractivity contribution in [3.05, 3.63) is 84.1 Å². The Hall–Kier alpha value is -2.81. The number of fused-ring (bicyclic) bond motifs is 1. The van der Waals surface area contributed by atoms with Crippen LogP contribution in [0.25, 0.3) is 0 Å². The van der Waals surface area contributed by atoms with E-state index in [0.717, 1.165) is 24.2 Å². The lowest BCUT2D eigenvalue weighted by atomic mass is 10.0. The Morgan fingerprint density at radius 2 is 2.00 bits per heavy atom. The third kappa shape index (κ3) is 3.04. The fourth-order valence-electron chi connectivity index (χ4n) is 2.76. The molecule has 0 unspecified atom stereocenters. The van der Waals surface area contributed by atoms with Crippen molar-refractivity contribution < 1.29 is 9.53 Å². The zero-order valence-corrected chi connectivity index (χ0v) is 13.2. The van der Waals surface area contributed by atoms with Gasteiger partial charge in [0, 0.05) is 23.5 Å². The van der Waals surface area contributed by atoms with Gasteiger partial charge in [-0.3, -0.25) is 0 Å². The van der Waals surface area contributed by atoms with Crippen LogP contribution < -0.4 is 9.64 Å². The van der Waals surface area contributed by atoms with Crippen LogP contribution in [-0.2, 0) is 6.42 Å². The molecule has 0 N–H and O–H groups in total. The predicted molar refractivity (Wildman–Crippen MR) is 92.8 cm³/mol. The predicted octanol–water partition coefficient (Wildman–Crippen LogP) is 4.36. The number of benzene rings is 2. The Balaban J connectivity index is 1.92. The highest BCUT2D eigenvalue weighted by atomic mass is 16.5. The van der Waals surface area contributed by atoms with Crippen molar-refractivity contribution >= 4 is 11.7 Å². The number of rotatable bonds is 4. The van der Waals surface area contributed by atoms with Gasteiger partial charge < -0.3 is 9.64 Å². The Labute approximate surface area is 136 Å². The first-order chi connectivity index (χ1) is 11.2. The van der Waals surface area contributed by atoms with Crippen molar-refractivity contribution in [2.45, 2.75) is 13.3 Å². The molecule has 0 aromatic heterocycles. The van der Waals surface area contributed by atoms with Gasteiger partial charge in [0.05, 0.1) is 5.56 Å². The fourth-order valence-corrected chi connectivity index (χ4v) is 2.76. The van der Waals surface area contributed by atoms with Crippen molar-refractivity contribution in [1.82, 2.24) is 0 Å². The molecule has 0 bridgehead atoms. The highest BCUT2D eigenvalue weighted by Gasteiger charge is 2.21. The van der Waals surface area contributed by atoms with Gasteiger partial charge in [0.1, 0.15) is 5.75 Å². The second kappa shape index (κ2) is 6.53. The first-order valence-corrected chi connectivity index (χ1v) is 7.65. The van der Waals surface area contributed by atoms with E-state index in [1.54, 1.807) is 12.1 Å². The van der Waals surface area contributed by atoms with Crippen LogP contribution in [0.4, 0.5) is 5.69 Å². The van der Waals surface area contributed by atoms with Gasteiger partial charge in [-0.15, -0.1) is 6.58 Å². The quantitative estimate of drug-likeness (QED) is 0.477. The number of carbonyl (C=O) groups excluding carboxylic acids is 1. The van der Waals surface area contributed by atoms with Crippen LogP contribution in [0.5, 0.6) is 5.75 Å². The van der Waals surface area contributed by atoms with Crippen LogP contribution in [0.1, 0.15) is 22.8 Å². The van der Waals surface area contributed by atoms with E-state index in [9.17, 15) is 4.79 Å². The molecule has 0 amide bonds. The molecule has 3 rings (SSSR count). The van der Waals surface area contributed by atoms with E-state index in [0.29, 0.717) is 11.3 Å². The molecular weight excluding hydrogens is 286 g/mol. The minimum atomic E-state index is -0.333. The molecule has 0 saturated heterocycles. The summed E-state index contributed by atoms with van der Waals surface area (Å²) in [6.45, 7) is 6.62. The number of esters is 1. The van der Waals surface area contributed by atoms with Crippen LogP contribution in [0.3, 0.4) is 0 Å². The molecule has 3 heteroatoms. The average Bonchev–Trinajstić information content (AvgIpc) is 2.58. The molecule has 0 radical (unpaired) electrons. The van der Waals surface area contributed by atoms with E-state index in [4.69, 9.17) is 4.74 Å². The molecule has 0 fully saturated rings. The molecule has 2 aromatic rings. The van der Waals surface area contributed by atoms with Crippen LogP contribution in [0.2, 0.25) is 0 Å². The molecule has 0 saturated carbocycles. The summed E-state index contributed by atoms with van der Waals surface area (Å²) in [4.78, 5) is 14.5. The molecule has 3 nitrogen and oxygen atoms in total. The summed E-state index contributed by atoms with van der Waals surface area (Å²) >= 11 is 0. The largest absolute Gasteiger partial charge is 0.423 e. The normalized spacial score (nSPS) is 13.1. The fraction of sp³-hybridized carbons (Fsp3) is 0.150. The van der Waals surface area contributed by atoms with Crippen molar-refractivity contribution in [3.8, 4) is 5.75 Å². The zero-order valence-electron chi connectivity index (χ0n) is 13.2. The van der Waals surface area contributed by atoms with Crippen LogP contribution >= 0.6 is 0 Å². The minimum absolute atomic E-state index is 0.333. The number of hydrogen-bond acceptors (Lipinski definition) is 3. The standard InChI is InChI=1S/C20H19NO2/c1-3-14-21-15(2)12-13-17-18(21)10-7-11-19(17)23-20(22)16-8-5-4-6-9-16/h3-12H,1,13-14H2,2H3. The van der Waals surface area contributed by atoms with Crippen LogP contribution in [-0.4, -0.2) is 12.5 Å². The Morgan fingerprint density at radius 1 is 1.22 bits per heavy atom. The van der Waals surface area contributed by atoms with Crippen LogP contribution in [0.15, 0.2) is 73.0 Å². The van der Waals surface area contributed by atoms with E-state index in [1.807, 2.05) is 36.4 Å². The van der Waals surface area contributed by atoms with Crippen molar-refractivity contribution in [2.75, 3.05) is 11.4 Å². The minimum Gasteiger partial charge on any atom is -0.423 e. The van der Waals surface area contributed by atoms with E-state index in [-0.39, 0.29) is 5.97 Å². The number of anilines is 1. The summed E-state index contributed by atoms with van der Waals surface area (Å²) in [6.07, 6.45) is 4.77. The maximum Gasteiger partial charge on any atom is 0.343 e. The third-order valence-electron chi connectivity index (χ3n) is 3.95. The van der Waals surface area contributed by atoms with Crippen molar-refractivity contribution in [3.63, 3.8) is 0 Å². The van der Waals surface area contributed by atoms with Gasteiger partial charge in [-0.05, 0) is 37.6 Å². The summed E-state index contributed by atoms with van der Waals surface area (Å²) in [5.74, 6) is 0.287. The Bertz CT molecular complexity index is 762. The SMILES string of the molecule is C=CCN1C(C)=CCc2c(OC(=O)c3ccccc3)cccc21. The topological polar surface area (TPSA) is 29.5 Å². The van der Waals surface area contributed by atoms with Gasteiger partial charge in [-0.1, -0.05) is 36.4 Å². The van der Waals surface area contributed by atoms with E-state index in [2.05, 4.69) is 30.5 Å². The highest BCUT2D eigenvalue weighted by Crippen LogP contribution is 2.35. The van der Waals surface area contributed by atoms with E-state index in [1.165, 1.54) is 5.70 Å². The monoisotopic (exact) mass is 305 g/mol. The lowest BCUT2D eigenvalue weighted by Crippen LogP contribution is -2.25. The van der Waals surface area contributed by atoms with Gasteiger partial charge in [0.25, 0.3) is 0 Å². The highest BCUT2D eigenvalue weighted by molar-refractivity contribution is 5.91. The number of ether oxygens (including phenoxy) is 1.